The second kappa shape index (κ2) is 10.9. The van der Waals surface area contributed by atoms with Crippen molar-refractivity contribution >= 4 is 37.6 Å². The van der Waals surface area contributed by atoms with E-state index in [4.69, 9.17) is 9.16 Å². The van der Waals surface area contributed by atoms with Gasteiger partial charge in [0.15, 0.2) is 8.32 Å². The molecule has 2 aromatic rings. The zero-order valence-corrected chi connectivity index (χ0v) is 25.3. The van der Waals surface area contributed by atoms with E-state index in [1.165, 1.54) is 23.9 Å². The van der Waals surface area contributed by atoms with E-state index in [2.05, 4.69) is 40.8 Å². The summed E-state index contributed by atoms with van der Waals surface area (Å²) in [6.45, 7) is 14.9. The molecule has 10 heteroatoms. The third-order valence-electron chi connectivity index (χ3n) is 8.06. The number of carbonyl (C=O) groups is 2. The van der Waals surface area contributed by atoms with Gasteiger partial charge < -0.3 is 14.1 Å². The number of rotatable bonds is 9. The van der Waals surface area contributed by atoms with E-state index in [0.29, 0.717) is 5.56 Å². The number of carbonyl (C=O) groups excluding carboxylic acids is 2. The number of ether oxygens (including phenoxy) is 1. The van der Waals surface area contributed by atoms with E-state index < -0.39 is 19.2 Å². The van der Waals surface area contributed by atoms with Crippen LogP contribution in [0.2, 0.25) is 18.1 Å². The molecule has 0 unspecified atom stereocenters. The van der Waals surface area contributed by atoms with Gasteiger partial charge in [0.2, 0.25) is 5.91 Å². The molecular formula is C29H36N2O6SSi. The van der Waals surface area contributed by atoms with Crippen molar-refractivity contribution in [3.8, 4) is 0 Å². The first-order valence-corrected chi connectivity index (χ1v) is 16.8. The van der Waals surface area contributed by atoms with Gasteiger partial charge in [0.1, 0.15) is 12.3 Å². The summed E-state index contributed by atoms with van der Waals surface area (Å²) >= 11 is 1.48. The molecule has 0 bridgehead atoms. The Morgan fingerprint density at radius 2 is 1.74 bits per heavy atom. The SMILES string of the molecule is C[C@@H](O[Si](C)(C)C(C)(C)C)[C@@H]1C(=O)N2C(C(=O)OCc3ccc([N+](=O)[O-])cc3)=C(Sc3ccccc3)[C@H](C)[C@@H]12. The van der Waals surface area contributed by atoms with Gasteiger partial charge in [-0.1, -0.05) is 57.7 Å². The third kappa shape index (κ3) is 5.69. The average molecular weight is 569 g/mol. The minimum atomic E-state index is -2.11. The van der Waals surface area contributed by atoms with E-state index in [-0.39, 0.29) is 52.9 Å². The van der Waals surface area contributed by atoms with Crippen molar-refractivity contribution < 1.29 is 23.7 Å². The topological polar surface area (TPSA) is 99.0 Å². The summed E-state index contributed by atoms with van der Waals surface area (Å²) in [5.74, 6) is -1.12. The minimum Gasteiger partial charge on any atom is -0.456 e. The van der Waals surface area contributed by atoms with Crippen LogP contribution in [0.5, 0.6) is 0 Å². The fourth-order valence-electron chi connectivity index (χ4n) is 4.90. The van der Waals surface area contributed by atoms with E-state index in [0.717, 1.165) is 9.80 Å². The highest BCUT2D eigenvalue weighted by atomic mass is 32.2. The molecule has 1 amide bonds. The van der Waals surface area contributed by atoms with Gasteiger partial charge in [0.05, 0.1) is 23.0 Å². The molecular weight excluding hydrogens is 532 g/mol. The van der Waals surface area contributed by atoms with E-state index in [1.54, 1.807) is 17.0 Å². The standard InChI is InChI=1S/C29H36N2O6SSi/c1-18-24-23(19(2)37-39(6,7)29(3,4)5)27(32)30(24)25(26(18)38-22-11-9-8-10-12-22)28(33)36-17-20-13-15-21(16-14-20)31(34)35/h8-16,18-19,23-24H,17H2,1-7H3/t18-,19-,23+,24+/m1/s1. The number of β-lactam (4-membered cyclic amide) rings is 1. The van der Waals surface area contributed by atoms with Crippen LogP contribution in [0.15, 0.2) is 70.1 Å². The molecule has 0 aromatic heterocycles. The van der Waals surface area contributed by atoms with Crippen LogP contribution in [-0.2, 0) is 25.4 Å². The maximum absolute atomic E-state index is 13.6. The summed E-state index contributed by atoms with van der Waals surface area (Å²) in [6.07, 6.45) is -0.277. The number of nitro groups is 1. The number of benzene rings is 2. The van der Waals surface area contributed by atoms with Gasteiger partial charge in [-0.3, -0.25) is 14.9 Å². The predicted molar refractivity (Wildman–Crippen MR) is 153 cm³/mol. The largest absolute Gasteiger partial charge is 0.456 e. The van der Waals surface area contributed by atoms with Crippen molar-refractivity contribution in [1.82, 2.24) is 4.90 Å². The molecule has 0 radical (unpaired) electrons. The fraction of sp³-hybridized carbons (Fsp3) is 0.448. The number of thioether (sulfide) groups is 1. The Balaban J connectivity index is 1.58. The molecule has 1 saturated heterocycles. The molecule has 39 heavy (non-hydrogen) atoms. The highest BCUT2D eigenvalue weighted by Crippen LogP contribution is 2.53. The Morgan fingerprint density at radius 3 is 2.31 bits per heavy atom. The minimum absolute atomic E-state index is 0.00837. The Labute approximate surface area is 235 Å². The second-order valence-corrected chi connectivity index (χ2v) is 17.6. The number of esters is 1. The van der Waals surface area contributed by atoms with Crippen LogP contribution in [-0.4, -0.2) is 42.2 Å². The summed E-state index contributed by atoms with van der Waals surface area (Å²) in [5.41, 5.74) is 0.871. The fourth-order valence-corrected chi connectivity index (χ4v) is 7.48. The Bertz CT molecular complexity index is 1290. The Kier molecular flexibility index (Phi) is 8.12. The summed E-state index contributed by atoms with van der Waals surface area (Å²) in [4.78, 5) is 40.9. The maximum atomic E-state index is 13.6. The van der Waals surface area contributed by atoms with E-state index in [9.17, 15) is 19.7 Å². The first-order chi connectivity index (χ1) is 18.2. The zero-order chi connectivity index (χ0) is 28.7. The second-order valence-electron chi connectivity index (χ2n) is 11.7. The van der Waals surface area contributed by atoms with Gasteiger partial charge in [-0.05, 0) is 54.9 Å². The molecule has 2 aromatic carbocycles. The number of fused-ring (bicyclic) bond motifs is 1. The van der Waals surface area contributed by atoms with Gasteiger partial charge in [0.25, 0.3) is 5.69 Å². The molecule has 0 N–H and O–H groups in total. The van der Waals surface area contributed by atoms with Crippen LogP contribution in [0, 0.1) is 22.0 Å². The Morgan fingerprint density at radius 1 is 1.13 bits per heavy atom. The highest BCUT2D eigenvalue weighted by Gasteiger charge is 2.61. The van der Waals surface area contributed by atoms with Crippen LogP contribution in [0.4, 0.5) is 5.69 Å². The average Bonchev–Trinajstić information content (AvgIpc) is 3.10. The summed E-state index contributed by atoms with van der Waals surface area (Å²) in [6, 6.07) is 15.4. The molecule has 0 aliphatic carbocycles. The molecule has 0 saturated carbocycles. The van der Waals surface area contributed by atoms with Gasteiger partial charge >= 0.3 is 5.97 Å². The monoisotopic (exact) mass is 568 g/mol. The summed E-state index contributed by atoms with van der Waals surface area (Å²) in [5, 5.41) is 10.9. The maximum Gasteiger partial charge on any atom is 0.356 e. The number of hydrogen-bond donors (Lipinski definition) is 0. The van der Waals surface area contributed by atoms with Gasteiger partial charge in [-0.2, -0.15) is 0 Å². The molecule has 208 valence electrons. The van der Waals surface area contributed by atoms with Crippen LogP contribution in [0.3, 0.4) is 0 Å². The van der Waals surface area contributed by atoms with Gasteiger partial charge in [0, 0.05) is 27.9 Å². The van der Waals surface area contributed by atoms with E-state index >= 15 is 0 Å². The number of nitrogens with zero attached hydrogens (tertiary/aromatic N) is 2. The molecule has 1 fully saturated rings. The Hall–Kier alpha value is -2.95. The lowest BCUT2D eigenvalue weighted by Gasteiger charge is -2.50. The lowest BCUT2D eigenvalue weighted by atomic mass is 9.79. The van der Waals surface area contributed by atoms with Gasteiger partial charge in [-0.15, -0.1) is 0 Å². The predicted octanol–water partition coefficient (Wildman–Crippen LogP) is 6.53. The molecule has 4 rings (SSSR count). The number of hydrogen-bond acceptors (Lipinski definition) is 7. The molecule has 2 aliphatic heterocycles. The van der Waals surface area contributed by atoms with Crippen molar-refractivity contribution in [1.29, 1.82) is 0 Å². The lowest BCUT2D eigenvalue weighted by Crippen LogP contribution is -2.65. The molecule has 4 atom stereocenters. The van der Waals surface area contributed by atoms with Crippen LogP contribution >= 0.6 is 11.8 Å². The van der Waals surface area contributed by atoms with Crippen LogP contribution < -0.4 is 0 Å². The molecule has 0 spiro atoms. The number of non-ortho nitro benzene ring substituents is 1. The van der Waals surface area contributed by atoms with Crippen molar-refractivity contribution in [2.45, 2.75) is 76.4 Å². The van der Waals surface area contributed by atoms with Crippen molar-refractivity contribution in [2.75, 3.05) is 0 Å². The smallest absolute Gasteiger partial charge is 0.356 e. The van der Waals surface area contributed by atoms with Crippen molar-refractivity contribution in [3.05, 3.63) is 80.9 Å². The normalized spacial score (nSPS) is 21.9. The molecule has 8 nitrogen and oxygen atoms in total. The first kappa shape index (κ1) is 29.0. The quantitative estimate of drug-likeness (QED) is 0.111. The first-order valence-electron chi connectivity index (χ1n) is 13.1. The third-order valence-corrected chi connectivity index (χ3v) is 13.9. The van der Waals surface area contributed by atoms with Gasteiger partial charge in [-0.25, -0.2) is 4.79 Å². The number of amides is 1. The van der Waals surface area contributed by atoms with Crippen molar-refractivity contribution in [3.63, 3.8) is 0 Å². The summed E-state index contributed by atoms with van der Waals surface area (Å²) in [7, 11) is -2.11. The van der Waals surface area contributed by atoms with Crippen LogP contribution in [0.1, 0.15) is 40.2 Å². The van der Waals surface area contributed by atoms with Crippen molar-refractivity contribution in [2.24, 2.45) is 11.8 Å². The van der Waals surface area contributed by atoms with E-state index in [1.807, 2.05) is 37.3 Å². The zero-order valence-electron chi connectivity index (χ0n) is 23.5. The highest BCUT2D eigenvalue weighted by molar-refractivity contribution is 8.03. The number of nitro benzene ring substituents is 1. The molecule has 2 heterocycles. The lowest BCUT2D eigenvalue weighted by molar-refractivity contribution is -0.384. The molecule has 2 aliphatic rings. The summed E-state index contributed by atoms with van der Waals surface area (Å²) < 4.78 is 12.3. The van der Waals surface area contributed by atoms with Crippen LogP contribution in [0.25, 0.3) is 0 Å².